The van der Waals surface area contributed by atoms with E-state index in [0.717, 1.165) is 28.0 Å². The van der Waals surface area contributed by atoms with Crippen molar-refractivity contribution in [1.29, 1.82) is 5.26 Å². The molecule has 0 radical (unpaired) electrons. The summed E-state index contributed by atoms with van der Waals surface area (Å²) in [7, 11) is 0. The Kier molecular flexibility index (Phi) is 6.51. The quantitative estimate of drug-likeness (QED) is 0.579. The van der Waals surface area contributed by atoms with E-state index in [1.165, 1.54) is 10.1 Å². The first-order chi connectivity index (χ1) is 16.6. The highest BCUT2D eigenvalue weighted by atomic mass is 32.1. The van der Waals surface area contributed by atoms with E-state index in [0.29, 0.717) is 21.0 Å². The number of benzene rings is 2. The van der Waals surface area contributed by atoms with Crippen molar-refractivity contribution in [2.45, 2.75) is 45.4 Å². The van der Waals surface area contributed by atoms with E-state index in [2.05, 4.69) is 33.8 Å². The number of nitriles is 1. The average molecular weight is 485 g/mol. The zero-order valence-corrected chi connectivity index (χ0v) is 21.0. The molecule has 0 bridgehead atoms. The molecule has 35 heavy (non-hydrogen) atoms. The van der Waals surface area contributed by atoms with Crippen LogP contribution in [-0.4, -0.2) is 10.5 Å². The number of nitrogens with two attached hydrogens (primary N) is 2. The molecule has 7 heteroatoms. The summed E-state index contributed by atoms with van der Waals surface area (Å²) in [6.07, 6.45) is 1.77. The minimum absolute atomic E-state index is 0.0292. The fourth-order valence-electron chi connectivity index (χ4n) is 4.32. The molecule has 0 aliphatic carbocycles. The number of fused-ring (bicyclic) bond motifs is 1. The molecule has 2 aromatic carbocycles. The van der Waals surface area contributed by atoms with E-state index in [-0.39, 0.29) is 22.5 Å². The molecule has 1 aliphatic rings. The number of allylic oxidation sites excluding steroid dienone is 1. The zero-order valence-electron chi connectivity index (χ0n) is 20.2. The van der Waals surface area contributed by atoms with Gasteiger partial charge in [0.2, 0.25) is 5.91 Å². The lowest BCUT2D eigenvalue weighted by molar-refractivity contribution is -0.113. The molecule has 1 aromatic heterocycles. The third-order valence-electron chi connectivity index (χ3n) is 6.37. The molecule has 4 N–H and O–H groups in total. The van der Waals surface area contributed by atoms with Crippen LogP contribution < -0.4 is 26.2 Å². The van der Waals surface area contributed by atoms with Crippen molar-refractivity contribution in [3.8, 4) is 6.07 Å². The summed E-state index contributed by atoms with van der Waals surface area (Å²) >= 11 is 1.16. The first-order valence-electron chi connectivity index (χ1n) is 11.5. The van der Waals surface area contributed by atoms with Gasteiger partial charge in [-0.1, -0.05) is 76.2 Å². The van der Waals surface area contributed by atoms with E-state index in [9.17, 15) is 14.9 Å². The van der Waals surface area contributed by atoms with Crippen LogP contribution >= 0.6 is 11.3 Å². The third kappa shape index (κ3) is 4.33. The normalized spacial score (nSPS) is 16.1. The van der Waals surface area contributed by atoms with Gasteiger partial charge < -0.3 is 11.5 Å². The topological polar surface area (TPSA) is 115 Å². The lowest BCUT2D eigenvalue weighted by Crippen LogP contribution is -2.41. The Hall–Kier alpha value is -3.89. The molecule has 0 unspecified atom stereocenters. The highest BCUT2D eigenvalue weighted by Crippen LogP contribution is 2.36. The Balaban J connectivity index is 1.97. The van der Waals surface area contributed by atoms with Crippen LogP contribution in [0.4, 0.5) is 0 Å². The van der Waals surface area contributed by atoms with Crippen molar-refractivity contribution >= 4 is 34.7 Å². The molecule has 1 amide bonds. The predicted molar refractivity (Wildman–Crippen MR) is 141 cm³/mol. The van der Waals surface area contributed by atoms with E-state index >= 15 is 0 Å². The minimum atomic E-state index is -0.741. The van der Waals surface area contributed by atoms with Gasteiger partial charge in [-0.25, -0.2) is 0 Å². The van der Waals surface area contributed by atoms with Crippen LogP contribution in [0.2, 0.25) is 0 Å². The maximum atomic E-state index is 13.3. The monoisotopic (exact) mass is 484 g/mol. The molecule has 3 aromatic rings. The van der Waals surface area contributed by atoms with Crippen LogP contribution in [0.1, 0.15) is 67.7 Å². The summed E-state index contributed by atoms with van der Waals surface area (Å²) in [6, 6.07) is 17.8. The highest BCUT2D eigenvalue weighted by Gasteiger charge is 2.34. The van der Waals surface area contributed by atoms with Crippen LogP contribution in [0.15, 0.2) is 58.9 Å². The number of hydrogen-bond donors (Lipinski definition) is 2. The van der Waals surface area contributed by atoms with E-state index in [1.54, 1.807) is 6.08 Å². The Morgan fingerprint density at radius 2 is 1.57 bits per heavy atom. The zero-order chi connectivity index (χ0) is 25.4. The Labute approximate surface area is 208 Å². The van der Waals surface area contributed by atoms with Crippen molar-refractivity contribution in [3.63, 3.8) is 0 Å². The van der Waals surface area contributed by atoms with Crippen LogP contribution in [-0.2, 0) is 4.79 Å². The molecule has 1 aliphatic heterocycles. The van der Waals surface area contributed by atoms with Gasteiger partial charge in [-0.15, -0.1) is 11.3 Å². The summed E-state index contributed by atoms with van der Waals surface area (Å²) < 4.78 is 2.02. The SMILES string of the molecule is CC(C)c1ccc(/C=c2/sc3n(c2=O)C(N)=C(C#N)[C@H](c2ccc(C(C)C)cc2)C=3C(N)=O)cc1. The molecule has 2 heterocycles. The second-order valence-electron chi connectivity index (χ2n) is 9.32. The van der Waals surface area contributed by atoms with Gasteiger partial charge in [-0.2, -0.15) is 5.26 Å². The van der Waals surface area contributed by atoms with Gasteiger partial charge in [-0.3, -0.25) is 14.2 Å². The molecule has 178 valence electrons. The summed E-state index contributed by atoms with van der Waals surface area (Å²) in [4.78, 5) is 26.1. The Morgan fingerprint density at radius 1 is 1.03 bits per heavy atom. The van der Waals surface area contributed by atoms with Crippen molar-refractivity contribution in [2.24, 2.45) is 11.5 Å². The summed E-state index contributed by atoms with van der Waals surface area (Å²) in [5.74, 6) is -0.666. The first-order valence-corrected chi connectivity index (χ1v) is 12.3. The number of nitrogens with zero attached hydrogens (tertiary/aromatic N) is 2. The first kappa shape index (κ1) is 24.2. The number of carbonyl (C=O) groups is 1. The highest BCUT2D eigenvalue weighted by molar-refractivity contribution is 7.07. The molecule has 0 spiro atoms. The second-order valence-corrected chi connectivity index (χ2v) is 10.4. The second kappa shape index (κ2) is 9.40. The van der Waals surface area contributed by atoms with Gasteiger partial charge in [-0.05, 0) is 40.2 Å². The number of carbonyl (C=O) groups excluding carboxylic acids is 1. The van der Waals surface area contributed by atoms with Crippen LogP contribution in [0.25, 0.3) is 17.5 Å². The number of amides is 1. The van der Waals surface area contributed by atoms with Crippen molar-refractivity contribution in [1.82, 2.24) is 4.57 Å². The van der Waals surface area contributed by atoms with Gasteiger partial charge in [0.25, 0.3) is 5.56 Å². The lowest BCUT2D eigenvalue weighted by Gasteiger charge is -2.24. The number of thiazole rings is 1. The maximum absolute atomic E-state index is 13.3. The Bertz CT molecular complexity index is 1550. The molecule has 0 saturated carbocycles. The fourth-order valence-corrected chi connectivity index (χ4v) is 5.50. The van der Waals surface area contributed by atoms with Crippen molar-refractivity contribution in [2.75, 3.05) is 0 Å². The van der Waals surface area contributed by atoms with E-state index in [4.69, 9.17) is 11.5 Å². The largest absolute Gasteiger partial charge is 0.384 e. The molecule has 0 fully saturated rings. The lowest BCUT2D eigenvalue weighted by atomic mass is 9.83. The number of hydrogen-bond acceptors (Lipinski definition) is 5. The predicted octanol–water partition coefficient (Wildman–Crippen LogP) is 3.07. The smallest absolute Gasteiger partial charge is 0.274 e. The van der Waals surface area contributed by atoms with Gasteiger partial charge >= 0.3 is 0 Å². The Morgan fingerprint density at radius 3 is 2.06 bits per heavy atom. The van der Waals surface area contributed by atoms with Gasteiger partial charge in [0.1, 0.15) is 10.5 Å². The van der Waals surface area contributed by atoms with Crippen molar-refractivity contribution in [3.05, 3.63) is 95.9 Å². The molecule has 1 atom stereocenters. The number of aromatic nitrogens is 1. The number of rotatable bonds is 5. The van der Waals surface area contributed by atoms with E-state index < -0.39 is 11.8 Å². The summed E-state index contributed by atoms with van der Waals surface area (Å²) in [6.45, 7) is 8.42. The standard InChI is InChI=1S/C28H28N4O2S/c1-15(2)18-7-5-17(6-8-18)13-22-27(34)32-25(30)21(14-29)23(24(26(31)33)28(32)35-22)20-11-9-19(10-12-20)16(3)4/h5-13,15-16,23H,30H2,1-4H3,(H2,31,33)/b22-13+/t23-/m0/s1. The fraction of sp³-hybridized carbons (Fsp3) is 0.250. The van der Waals surface area contributed by atoms with E-state index in [1.807, 2.05) is 48.5 Å². The van der Waals surface area contributed by atoms with Gasteiger partial charge in [0.15, 0.2) is 0 Å². The molecular formula is C28H28N4O2S. The van der Waals surface area contributed by atoms with Gasteiger partial charge in [0, 0.05) is 0 Å². The molecule has 6 nitrogen and oxygen atoms in total. The number of primary amides is 1. The third-order valence-corrected chi connectivity index (χ3v) is 7.48. The minimum Gasteiger partial charge on any atom is -0.384 e. The van der Waals surface area contributed by atoms with Crippen LogP contribution in [0.3, 0.4) is 0 Å². The maximum Gasteiger partial charge on any atom is 0.274 e. The summed E-state index contributed by atoms with van der Waals surface area (Å²) in [5, 5.41) is 9.99. The molecule has 0 saturated heterocycles. The average Bonchev–Trinajstić information content (AvgIpc) is 3.14. The van der Waals surface area contributed by atoms with Crippen molar-refractivity contribution < 1.29 is 4.79 Å². The molecule has 4 rings (SSSR count). The van der Waals surface area contributed by atoms with Crippen LogP contribution in [0.5, 0.6) is 0 Å². The summed E-state index contributed by atoms with van der Waals surface area (Å²) in [5.41, 5.74) is 16.1. The van der Waals surface area contributed by atoms with Crippen LogP contribution in [0, 0.1) is 11.3 Å². The molecular weight excluding hydrogens is 456 g/mol. The van der Waals surface area contributed by atoms with Gasteiger partial charge in [0.05, 0.1) is 27.7 Å².